The number of rotatable bonds is 62. The van der Waals surface area contributed by atoms with Crippen molar-refractivity contribution in [2.75, 3.05) is 13.2 Å². The van der Waals surface area contributed by atoms with Crippen LogP contribution in [0.3, 0.4) is 0 Å². The number of carbonyl (C=O) groups excluding carboxylic acids is 2. The Bertz CT molecular complexity index is 1160. The van der Waals surface area contributed by atoms with Crippen LogP contribution >= 0.6 is 0 Å². The number of ether oxygens (including phenoxy) is 2. The molecule has 0 aromatic heterocycles. The van der Waals surface area contributed by atoms with Gasteiger partial charge < -0.3 is 14.6 Å². The summed E-state index contributed by atoms with van der Waals surface area (Å²) in [5.74, 6) is -0.572. The molecule has 0 aromatic carbocycles. The average molecular weight is 1030 g/mol. The highest BCUT2D eigenvalue weighted by Crippen LogP contribution is 2.19. The lowest BCUT2D eigenvalue weighted by atomic mass is 10.0. The molecule has 0 aliphatic heterocycles. The van der Waals surface area contributed by atoms with E-state index in [0.29, 0.717) is 12.8 Å². The molecule has 0 bridgehead atoms. The van der Waals surface area contributed by atoms with Gasteiger partial charge in [-0.25, -0.2) is 0 Å². The summed E-state index contributed by atoms with van der Waals surface area (Å²) in [5.41, 5.74) is 0. The van der Waals surface area contributed by atoms with Gasteiger partial charge >= 0.3 is 11.9 Å². The summed E-state index contributed by atoms with van der Waals surface area (Å²) in [4.78, 5) is 24.6. The van der Waals surface area contributed by atoms with E-state index in [2.05, 4.69) is 50.3 Å². The molecule has 0 spiro atoms. The van der Waals surface area contributed by atoms with Crippen molar-refractivity contribution in [2.45, 2.75) is 373 Å². The molecule has 5 heteroatoms. The van der Waals surface area contributed by atoms with Crippen LogP contribution in [0.4, 0.5) is 0 Å². The van der Waals surface area contributed by atoms with E-state index in [1.807, 2.05) is 0 Å². The van der Waals surface area contributed by atoms with Crippen LogP contribution in [0.5, 0.6) is 0 Å². The monoisotopic (exact) mass is 1020 g/mol. The van der Waals surface area contributed by atoms with Gasteiger partial charge in [-0.3, -0.25) is 9.59 Å². The van der Waals surface area contributed by atoms with Gasteiger partial charge in [-0.2, -0.15) is 0 Å². The predicted molar refractivity (Wildman–Crippen MR) is 321 cm³/mol. The summed E-state index contributed by atoms with van der Waals surface area (Å²) < 4.78 is 10.8. The summed E-state index contributed by atoms with van der Waals surface area (Å²) >= 11 is 0. The normalized spacial score (nSPS) is 12.3. The van der Waals surface area contributed by atoms with Crippen LogP contribution in [-0.4, -0.2) is 36.4 Å². The van der Waals surface area contributed by atoms with Gasteiger partial charge in [0.05, 0.1) is 6.61 Å². The van der Waals surface area contributed by atoms with Crippen molar-refractivity contribution in [1.29, 1.82) is 0 Å². The van der Waals surface area contributed by atoms with E-state index in [9.17, 15) is 14.7 Å². The Hall–Kier alpha value is -1.88. The van der Waals surface area contributed by atoms with E-state index < -0.39 is 6.10 Å². The number of hydrogen-bond donors (Lipinski definition) is 1. The van der Waals surface area contributed by atoms with E-state index >= 15 is 0 Å². The average Bonchev–Trinajstić information content (AvgIpc) is 3.39. The molecule has 1 N–H and O–H groups in total. The first-order valence-electron chi connectivity index (χ1n) is 33.0. The predicted octanol–water partition coefficient (Wildman–Crippen LogP) is 22.6. The van der Waals surface area contributed by atoms with Crippen LogP contribution in [0, 0.1) is 0 Å². The molecule has 73 heavy (non-hydrogen) atoms. The summed E-state index contributed by atoms with van der Waals surface area (Å²) in [6.07, 6.45) is 84.5. The number of unbranched alkanes of at least 4 members (excludes halogenated alkanes) is 48. The summed E-state index contributed by atoms with van der Waals surface area (Å²) in [7, 11) is 0. The van der Waals surface area contributed by atoms with E-state index in [-0.39, 0.29) is 25.2 Å². The molecule has 0 aliphatic carbocycles. The van der Waals surface area contributed by atoms with Crippen LogP contribution in [0.25, 0.3) is 0 Å². The third-order valence-corrected chi connectivity index (χ3v) is 15.2. The SMILES string of the molecule is CCCCCCC/C=C\C/C=C\C/C=C\CCCCCCCCCCCCCCC(=O)OC(CO)COC(=O)CCCCCCCCCCCCCCCCCCCCCCCCCCCCCCCCCC. The Morgan fingerprint density at radius 3 is 0.822 bits per heavy atom. The second-order valence-electron chi connectivity index (χ2n) is 22.6. The number of esters is 2. The molecule has 0 saturated heterocycles. The van der Waals surface area contributed by atoms with Crippen molar-refractivity contribution in [3.63, 3.8) is 0 Å². The number of allylic oxidation sites excluding steroid dienone is 6. The highest BCUT2D eigenvalue weighted by molar-refractivity contribution is 5.70. The number of aliphatic hydroxyl groups excluding tert-OH is 1. The molecule has 430 valence electrons. The number of carbonyl (C=O) groups is 2. The van der Waals surface area contributed by atoms with Gasteiger partial charge in [0.2, 0.25) is 0 Å². The van der Waals surface area contributed by atoms with Gasteiger partial charge in [-0.15, -0.1) is 0 Å². The molecular weight excluding hydrogens is 897 g/mol. The van der Waals surface area contributed by atoms with Gasteiger partial charge in [0.25, 0.3) is 0 Å². The summed E-state index contributed by atoms with van der Waals surface area (Å²) in [5, 5.41) is 9.69. The van der Waals surface area contributed by atoms with Gasteiger partial charge in [0.15, 0.2) is 6.10 Å². The van der Waals surface area contributed by atoms with Crippen LogP contribution in [0.2, 0.25) is 0 Å². The molecular formula is C68H128O5. The second-order valence-corrected chi connectivity index (χ2v) is 22.6. The molecule has 0 aliphatic rings. The van der Waals surface area contributed by atoms with Crippen LogP contribution in [-0.2, 0) is 19.1 Å². The van der Waals surface area contributed by atoms with E-state index in [0.717, 1.165) is 44.9 Å². The lowest BCUT2D eigenvalue weighted by molar-refractivity contribution is -0.161. The quantitative estimate of drug-likeness (QED) is 0.0373. The number of hydrogen-bond acceptors (Lipinski definition) is 5. The van der Waals surface area contributed by atoms with Gasteiger partial charge in [0, 0.05) is 12.8 Å². The maximum Gasteiger partial charge on any atom is 0.306 e. The van der Waals surface area contributed by atoms with E-state index in [4.69, 9.17) is 9.47 Å². The minimum atomic E-state index is -0.772. The fraction of sp³-hybridized carbons (Fsp3) is 0.882. The Labute approximate surface area is 456 Å². The Balaban J connectivity index is 3.40. The zero-order chi connectivity index (χ0) is 52.7. The molecule has 0 heterocycles. The van der Waals surface area contributed by atoms with Crippen molar-refractivity contribution in [3.8, 4) is 0 Å². The van der Waals surface area contributed by atoms with Crippen molar-refractivity contribution in [1.82, 2.24) is 0 Å². The zero-order valence-corrected chi connectivity index (χ0v) is 49.4. The van der Waals surface area contributed by atoms with Crippen molar-refractivity contribution >= 4 is 11.9 Å². The van der Waals surface area contributed by atoms with Gasteiger partial charge in [-0.05, 0) is 51.4 Å². The Morgan fingerprint density at radius 2 is 0.548 bits per heavy atom. The Kier molecular flexibility index (Phi) is 62.7. The number of aliphatic hydroxyl groups is 1. The van der Waals surface area contributed by atoms with E-state index in [1.165, 1.54) is 295 Å². The first-order chi connectivity index (χ1) is 36.1. The second kappa shape index (κ2) is 64.4. The van der Waals surface area contributed by atoms with Crippen molar-refractivity contribution < 1.29 is 24.2 Å². The molecule has 0 fully saturated rings. The molecule has 0 aromatic rings. The third kappa shape index (κ3) is 62.6. The maximum absolute atomic E-state index is 12.3. The highest BCUT2D eigenvalue weighted by Gasteiger charge is 2.16. The Morgan fingerprint density at radius 1 is 0.315 bits per heavy atom. The highest BCUT2D eigenvalue weighted by atomic mass is 16.6. The van der Waals surface area contributed by atoms with Crippen LogP contribution in [0.1, 0.15) is 367 Å². The molecule has 0 rings (SSSR count). The first-order valence-corrected chi connectivity index (χ1v) is 33.0. The fourth-order valence-electron chi connectivity index (χ4n) is 10.2. The van der Waals surface area contributed by atoms with Crippen molar-refractivity contribution in [2.24, 2.45) is 0 Å². The van der Waals surface area contributed by atoms with Crippen molar-refractivity contribution in [3.05, 3.63) is 36.5 Å². The van der Waals surface area contributed by atoms with Gasteiger partial charge in [0.1, 0.15) is 6.61 Å². The summed E-state index contributed by atoms with van der Waals surface area (Å²) in [6.45, 7) is 4.19. The minimum absolute atomic E-state index is 0.0615. The molecule has 0 saturated carbocycles. The van der Waals surface area contributed by atoms with E-state index in [1.54, 1.807) is 0 Å². The standard InChI is InChI=1S/C68H128O5/c1-3-5-7-9-11-13-15-17-19-21-23-25-27-29-31-32-33-34-35-37-38-40-42-44-46-48-50-52-54-56-58-60-62-67(70)72-65-66(64-69)73-68(71)63-61-59-57-55-53-51-49-47-45-43-41-39-36-30-28-26-24-22-20-18-16-14-12-10-8-6-4-2/h16,18,22,24,28,30,66,69H,3-15,17,19-21,23,25-27,29,31-65H2,1-2H3/b18-16-,24-22-,30-28-. The molecule has 5 nitrogen and oxygen atoms in total. The molecule has 1 atom stereocenters. The third-order valence-electron chi connectivity index (χ3n) is 15.2. The maximum atomic E-state index is 12.3. The van der Waals surface area contributed by atoms with Gasteiger partial charge in [-0.1, -0.05) is 339 Å². The summed E-state index contributed by atoms with van der Waals surface area (Å²) in [6, 6.07) is 0. The lowest BCUT2D eigenvalue weighted by Crippen LogP contribution is -2.28. The fourth-order valence-corrected chi connectivity index (χ4v) is 10.2. The lowest BCUT2D eigenvalue weighted by Gasteiger charge is -2.15. The zero-order valence-electron chi connectivity index (χ0n) is 49.4. The minimum Gasteiger partial charge on any atom is -0.462 e. The van der Waals surface area contributed by atoms with Crippen LogP contribution < -0.4 is 0 Å². The topological polar surface area (TPSA) is 72.8 Å². The molecule has 0 amide bonds. The first kappa shape index (κ1) is 71.1. The largest absolute Gasteiger partial charge is 0.462 e. The molecule has 1 unspecified atom stereocenters. The molecule has 0 radical (unpaired) electrons. The smallest absolute Gasteiger partial charge is 0.306 e. The van der Waals surface area contributed by atoms with Crippen LogP contribution in [0.15, 0.2) is 36.5 Å².